The highest BCUT2D eigenvalue weighted by molar-refractivity contribution is 5.99. The molecule has 4 rings (SSSR count). The lowest BCUT2D eigenvalue weighted by Crippen LogP contribution is -2.37. The number of benzene rings is 1. The van der Waals surface area contributed by atoms with Gasteiger partial charge < -0.3 is 20.1 Å². The van der Waals surface area contributed by atoms with Gasteiger partial charge in [-0.05, 0) is 45.8 Å². The molecule has 2 heterocycles. The van der Waals surface area contributed by atoms with E-state index in [2.05, 4.69) is 22.6 Å². The minimum atomic E-state index is -3.01. The lowest BCUT2D eigenvalue weighted by molar-refractivity contribution is 0.0648. The largest absolute Gasteiger partial charge is 0.387 e. The van der Waals surface area contributed by atoms with E-state index in [4.69, 9.17) is 0 Å². The van der Waals surface area contributed by atoms with Gasteiger partial charge >= 0.3 is 0 Å². The van der Waals surface area contributed by atoms with Crippen LogP contribution in [0.4, 0.5) is 27.6 Å². The Bertz CT molecular complexity index is 1100. The fraction of sp³-hybridized carbons (Fsp3) is 0.500. The number of pyridine rings is 1. The number of hydrogen-bond acceptors (Lipinski definition) is 4. The predicted octanol–water partition coefficient (Wildman–Crippen LogP) is 4.36. The van der Waals surface area contributed by atoms with Crippen molar-refractivity contribution in [1.82, 2.24) is 14.8 Å². The number of hydrogen-bond donors (Lipinski definition) is 2. The number of halogens is 5. The Morgan fingerprint density at radius 3 is 2.29 bits per heavy atom. The summed E-state index contributed by atoms with van der Waals surface area (Å²) in [5.41, 5.74) is -3.23. The number of likely N-dealkylation sites (tertiary alicyclic amines) is 1. The first-order valence-electron chi connectivity index (χ1n) is 11.4. The van der Waals surface area contributed by atoms with E-state index in [0.717, 1.165) is 22.9 Å². The summed E-state index contributed by atoms with van der Waals surface area (Å²) in [6.07, 6.45) is -1.69. The Morgan fingerprint density at radius 1 is 1.14 bits per heavy atom. The second kappa shape index (κ2) is 11.2. The third-order valence-corrected chi connectivity index (χ3v) is 6.33. The molecule has 0 atom stereocenters. The smallest absolute Gasteiger partial charge is 0.266 e. The molecule has 1 aromatic carbocycles. The van der Waals surface area contributed by atoms with Crippen LogP contribution in [-0.2, 0) is 12.1 Å². The van der Waals surface area contributed by atoms with Crippen LogP contribution in [0.3, 0.4) is 0 Å². The molecule has 2 N–H and O–H groups in total. The Balaban J connectivity index is 0.000000497. The van der Waals surface area contributed by atoms with Gasteiger partial charge in [-0.25, -0.2) is 22.0 Å². The van der Waals surface area contributed by atoms with Crippen LogP contribution in [0, 0.1) is 5.82 Å². The van der Waals surface area contributed by atoms with E-state index in [1.165, 1.54) is 45.1 Å². The van der Waals surface area contributed by atoms with Crippen LogP contribution in [0.25, 0.3) is 0 Å². The third kappa shape index (κ3) is 6.01. The molecule has 0 radical (unpaired) electrons. The molecule has 2 fully saturated rings. The van der Waals surface area contributed by atoms with Crippen LogP contribution in [0.5, 0.6) is 0 Å². The first kappa shape index (κ1) is 26.7. The van der Waals surface area contributed by atoms with Crippen molar-refractivity contribution >= 4 is 11.6 Å². The molecular weight excluding hydrogens is 471 g/mol. The Labute approximate surface area is 200 Å². The van der Waals surface area contributed by atoms with Gasteiger partial charge in [0.05, 0.1) is 16.8 Å². The van der Waals surface area contributed by atoms with Gasteiger partial charge in [0.15, 0.2) is 0 Å². The van der Waals surface area contributed by atoms with Crippen molar-refractivity contribution in [3.63, 3.8) is 0 Å². The average molecular weight is 501 g/mol. The Morgan fingerprint density at radius 2 is 1.80 bits per heavy atom. The lowest BCUT2D eigenvalue weighted by Gasteiger charge is -2.20. The van der Waals surface area contributed by atoms with Crippen LogP contribution >= 0.6 is 0 Å². The van der Waals surface area contributed by atoms with E-state index in [9.17, 15) is 31.5 Å². The predicted molar refractivity (Wildman–Crippen MR) is 123 cm³/mol. The standard InChI is InChI=1S/C19H18F5N3O2.C5H11N/c1-25-13-7-14(28)27(19(5-6-19)18(23)24)9-12(13)17(29)26-8-10-3-2-4-11(15(10)20)16(21)22;1-6-4-2-3-5-6/h2-4,7,9,16,18,25H,5-6,8H2,1H3,(H,26,29);2-5H2,1H3. The summed E-state index contributed by atoms with van der Waals surface area (Å²) in [4.78, 5) is 27.2. The van der Waals surface area contributed by atoms with E-state index < -0.39 is 47.8 Å². The van der Waals surface area contributed by atoms with Gasteiger partial charge in [-0.3, -0.25) is 9.59 Å². The molecule has 35 heavy (non-hydrogen) atoms. The van der Waals surface area contributed by atoms with Crippen LogP contribution < -0.4 is 16.2 Å². The third-order valence-electron chi connectivity index (χ3n) is 6.33. The summed E-state index contributed by atoms with van der Waals surface area (Å²) in [5, 5.41) is 5.02. The van der Waals surface area contributed by atoms with Crippen LogP contribution in [0.15, 0.2) is 35.3 Å². The second-order valence-electron chi connectivity index (χ2n) is 8.78. The van der Waals surface area contributed by atoms with Crippen molar-refractivity contribution < 1.29 is 26.7 Å². The first-order valence-corrected chi connectivity index (χ1v) is 11.4. The van der Waals surface area contributed by atoms with Crippen molar-refractivity contribution in [2.24, 2.45) is 0 Å². The van der Waals surface area contributed by atoms with Gasteiger partial charge in [0.2, 0.25) is 0 Å². The molecule has 1 aliphatic carbocycles. The number of nitrogens with one attached hydrogen (secondary N) is 2. The summed E-state index contributed by atoms with van der Waals surface area (Å²) in [7, 11) is 3.62. The highest BCUT2D eigenvalue weighted by Crippen LogP contribution is 2.47. The number of anilines is 1. The number of amides is 1. The summed E-state index contributed by atoms with van der Waals surface area (Å²) in [6.45, 7) is 2.24. The zero-order chi connectivity index (χ0) is 25.8. The normalized spacial score (nSPS) is 16.7. The topological polar surface area (TPSA) is 66.4 Å². The van der Waals surface area contributed by atoms with Gasteiger partial charge in [0.1, 0.15) is 11.4 Å². The highest BCUT2D eigenvalue weighted by atomic mass is 19.3. The van der Waals surface area contributed by atoms with Gasteiger partial charge in [-0.1, -0.05) is 18.2 Å². The molecule has 1 aliphatic heterocycles. The Kier molecular flexibility index (Phi) is 8.52. The fourth-order valence-electron chi connectivity index (χ4n) is 4.01. The number of nitrogens with zero attached hydrogens (tertiary/aromatic N) is 2. The molecule has 6 nitrogen and oxygen atoms in total. The minimum Gasteiger partial charge on any atom is -0.387 e. The maximum Gasteiger partial charge on any atom is 0.266 e. The summed E-state index contributed by atoms with van der Waals surface area (Å²) < 4.78 is 67.4. The monoisotopic (exact) mass is 500 g/mol. The van der Waals surface area contributed by atoms with E-state index in [0.29, 0.717) is 0 Å². The number of alkyl halides is 4. The van der Waals surface area contributed by atoms with Crippen molar-refractivity contribution in [3.05, 3.63) is 63.3 Å². The van der Waals surface area contributed by atoms with Gasteiger partial charge in [-0.2, -0.15) is 0 Å². The molecule has 1 saturated heterocycles. The number of carbonyl (C=O) groups is 1. The highest BCUT2D eigenvalue weighted by Gasteiger charge is 2.53. The number of rotatable bonds is 7. The molecule has 2 aliphatic rings. The number of carbonyl (C=O) groups excluding carboxylic acids is 1. The maximum absolute atomic E-state index is 14.1. The fourth-order valence-corrected chi connectivity index (χ4v) is 4.01. The molecule has 1 saturated carbocycles. The SMILES string of the molecule is CN1CCCC1.CNc1cc(=O)n(C2(C(F)F)CC2)cc1C(=O)NCc1cccc(C(F)F)c1F. The van der Waals surface area contributed by atoms with Crippen molar-refractivity contribution in [2.45, 2.75) is 50.6 Å². The molecule has 1 amide bonds. The van der Waals surface area contributed by atoms with E-state index in [1.54, 1.807) is 0 Å². The zero-order valence-corrected chi connectivity index (χ0v) is 19.6. The average Bonchev–Trinajstić information content (AvgIpc) is 3.50. The Hall–Kier alpha value is -2.95. The van der Waals surface area contributed by atoms with Gasteiger partial charge in [-0.15, -0.1) is 0 Å². The molecule has 0 bridgehead atoms. The molecular formula is C24H29F5N4O2. The number of aromatic nitrogens is 1. The van der Waals surface area contributed by atoms with Crippen molar-refractivity contribution in [1.29, 1.82) is 0 Å². The van der Waals surface area contributed by atoms with Crippen molar-refractivity contribution in [2.75, 3.05) is 32.5 Å². The van der Waals surface area contributed by atoms with Crippen molar-refractivity contribution in [3.8, 4) is 0 Å². The molecule has 0 unspecified atom stereocenters. The molecule has 192 valence electrons. The van der Waals surface area contributed by atoms with Gasteiger partial charge in [0.25, 0.3) is 24.3 Å². The van der Waals surface area contributed by atoms with E-state index in [1.807, 2.05) is 0 Å². The molecule has 2 aromatic rings. The quantitative estimate of drug-likeness (QED) is 0.555. The molecule has 1 aromatic heterocycles. The van der Waals surface area contributed by atoms with E-state index >= 15 is 0 Å². The first-order chi connectivity index (χ1) is 16.6. The minimum absolute atomic E-state index is 0.0931. The summed E-state index contributed by atoms with van der Waals surface area (Å²) in [6, 6.07) is 4.47. The maximum atomic E-state index is 14.1. The zero-order valence-electron chi connectivity index (χ0n) is 19.6. The van der Waals surface area contributed by atoms with E-state index in [-0.39, 0.29) is 29.7 Å². The van der Waals surface area contributed by atoms with Gasteiger partial charge in [0, 0.05) is 31.4 Å². The summed E-state index contributed by atoms with van der Waals surface area (Å²) >= 11 is 0. The molecule has 11 heteroatoms. The van der Waals surface area contributed by atoms with Crippen LogP contribution in [0.1, 0.15) is 53.6 Å². The van der Waals surface area contributed by atoms with Crippen LogP contribution in [-0.4, -0.2) is 49.0 Å². The second-order valence-corrected chi connectivity index (χ2v) is 8.78. The molecule has 0 spiro atoms. The lowest BCUT2D eigenvalue weighted by atomic mass is 10.1. The van der Waals surface area contributed by atoms with Crippen LogP contribution in [0.2, 0.25) is 0 Å². The summed E-state index contributed by atoms with van der Waals surface area (Å²) in [5.74, 6) is -1.90.